The maximum atomic E-state index is 12.1. The number of amides is 1. The molecule has 6 nitrogen and oxygen atoms in total. The SMILES string of the molecule is Cc1ccc(C(=O)Oc2ccc(/C=N/NC(=O)COc3ccc(Cl)cc3Cl)cc2)cc1. The Balaban J connectivity index is 1.47. The minimum atomic E-state index is -0.453. The number of esters is 1. The Morgan fingerprint density at radius 2 is 1.71 bits per heavy atom. The maximum absolute atomic E-state index is 12.1. The van der Waals surface area contributed by atoms with Crippen LogP contribution in [0, 0.1) is 6.92 Å². The predicted molar refractivity (Wildman–Crippen MR) is 120 cm³/mol. The zero-order chi connectivity index (χ0) is 22.2. The first-order chi connectivity index (χ1) is 14.9. The van der Waals surface area contributed by atoms with Crippen LogP contribution in [0.5, 0.6) is 11.5 Å². The summed E-state index contributed by atoms with van der Waals surface area (Å²) in [4.78, 5) is 24.0. The molecule has 3 aromatic rings. The van der Waals surface area contributed by atoms with Gasteiger partial charge in [0.25, 0.3) is 5.91 Å². The predicted octanol–water partition coefficient (Wildman–Crippen LogP) is 5.05. The second-order valence-electron chi connectivity index (χ2n) is 6.48. The van der Waals surface area contributed by atoms with Crippen molar-refractivity contribution in [3.05, 3.63) is 93.5 Å². The van der Waals surface area contributed by atoms with E-state index in [0.29, 0.717) is 32.7 Å². The Morgan fingerprint density at radius 1 is 1.00 bits per heavy atom. The summed E-state index contributed by atoms with van der Waals surface area (Å²) in [5.41, 5.74) is 4.60. The minimum Gasteiger partial charge on any atom is -0.482 e. The number of carbonyl (C=O) groups excluding carboxylic acids is 2. The number of rotatable bonds is 7. The van der Waals surface area contributed by atoms with Crippen molar-refractivity contribution in [2.45, 2.75) is 6.92 Å². The number of carbonyl (C=O) groups is 2. The van der Waals surface area contributed by atoms with Crippen LogP contribution in [0.25, 0.3) is 0 Å². The van der Waals surface area contributed by atoms with E-state index in [9.17, 15) is 9.59 Å². The van der Waals surface area contributed by atoms with Crippen molar-refractivity contribution < 1.29 is 19.1 Å². The first-order valence-corrected chi connectivity index (χ1v) is 9.95. The fourth-order valence-electron chi connectivity index (χ4n) is 2.42. The Bertz CT molecular complexity index is 1100. The molecule has 0 unspecified atom stereocenters. The lowest BCUT2D eigenvalue weighted by Gasteiger charge is -2.07. The zero-order valence-electron chi connectivity index (χ0n) is 16.5. The second kappa shape index (κ2) is 10.6. The van der Waals surface area contributed by atoms with Crippen molar-refractivity contribution in [2.24, 2.45) is 5.10 Å². The summed E-state index contributed by atoms with van der Waals surface area (Å²) in [6, 6.07) is 18.5. The lowest BCUT2D eigenvalue weighted by Crippen LogP contribution is -2.24. The highest BCUT2D eigenvalue weighted by Crippen LogP contribution is 2.27. The molecule has 0 fully saturated rings. The Kier molecular flexibility index (Phi) is 7.65. The monoisotopic (exact) mass is 456 g/mol. The fraction of sp³-hybridized carbons (Fsp3) is 0.0870. The largest absolute Gasteiger partial charge is 0.482 e. The van der Waals surface area contributed by atoms with Gasteiger partial charge in [0.05, 0.1) is 16.8 Å². The molecule has 0 bridgehead atoms. The molecule has 8 heteroatoms. The van der Waals surface area contributed by atoms with E-state index in [0.717, 1.165) is 5.56 Å². The molecule has 3 rings (SSSR count). The maximum Gasteiger partial charge on any atom is 0.343 e. The molecule has 0 aliphatic carbocycles. The van der Waals surface area contributed by atoms with Crippen molar-refractivity contribution in [1.29, 1.82) is 0 Å². The molecule has 0 heterocycles. The number of hydrogen-bond donors (Lipinski definition) is 1. The molecule has 1 amide bonds. The third kappa shape index (κ3) is 6.84. The number of nitrogens with one attached hydrogen (secondary N) is 1. The topological polar surface area (TPSA) is 77.0 Å². The third-order valence-electron chi connectivity index (χ3n) is 4.03. The van der Waals surface area contributed by atoms with Gasteiger partial charge in [-0.2, -0.15) is 5.10 Å². The van der Waals surface area contributed by atoms with Crippen LogP contribution in [0.15, 0.2) is 71.8 Å². The molecule has 0 saturated heterocycles. The smallest absolute Gasteiger partial charge is 0.343 e. The van der Waals surface area contributed by atoms with Crippen LogP contribution in [0.3, 0.4) is 0 Å². The van der Waals surface area contributed by atoms with Gasteiger partial charge in [-0.15, -0.1) is 0 Å². The van der Waals surface area contributed by atoms with Gasteiger partial charge in [0.1, 0.15) is 11.5 Å². The Labute approximate surface area is 189 Å². The summed E-state index contributed by atoms with van der Waals surface area (Å²) in [5, 5.41) is 4.66. The molecule has 1 N–H and O–H groups in total. The summed E-state index contributed by atoms with van der Waals surface area (Å²) < 4.78 is 10.7. The quantitative estimate of drug-likeness (QED) is 0.233. The summed E-state index contributed by atoms with van der Waals surface area (Å²) in [6.45, 7) is 1.69. The molecule has 0 spiro atoms. The fourth-order valence-corrected chi connectivity index (χ4v) is 2.89. The van der Waals surface area contributed by atoms with Crippen LogP contribution in [0.4, 0.5) is 0 Å². The number of benzene rings is 3. The number of ether oxygens (including phenoxy) is 2. The van der Waals surface area contributed by atoms with Gasteiger partial charge >= 0.3 is 5.97 Å². The first kappa shape index (κ1) is 22.3. The second-order valence-corrected chi connectivity index (χ2v) is 7.32. The summed E-state index contributed by atoms with van der Waals surface area (Å²) in [5.74, 6) is -0.138. The van der Waals surface area contributed by atoms with Crippen molar-refractivity contribution >= 4 is 41.3 Å². The van der Waals surface area contributed by atoms with Gasteiger partial charge in [0, 0.05) is 5.02 Å². The van der Waals surface area contributed by atoms with E-state index < -0.39 is 11.9 Å². The minimum absolute atomic E-state index is 0.257. The van der Waals surface area contributed by atoms with Crippen LogP contribution < -0.4 is 14.9 Å². The van der Waals surface area contributed by atoms with Crippen molar-refractivity contribution in [1.82, 2.24) is 5.43 Å². The van der Waals surface area contributed by atoms with Gasteiger partial charge < -0.3 is 9.47 Å². The van der Waals surface area contributed by atoms with Gasteiger partial charge in [-0.05, 0) is 67.1 Å². The number of hydrazone groups is 1. The Morgan fingerprint density at radius 3 is 2.39 bits per heavy atom. The molecule has 0 aliphatic rings. The van der Waals surface area contributed by atoms with Crippen LogP contribution in [0.2, 0.25) is 10.0 Å². The van der Waals surface area contributed by atoms with Crippen molar-refractivity contribution in [3.8, 4) is 11.5 Å². The highest BCUT2D eigenvalue weighted by molar-refractivity contribution is 6.35. The van der Waals surface area contributed by atoms with E-state index in [-0.39, 0.29) is 6.61 Å². The van der Waals surface area contributed by atoms with Crippen molar-refractivity contribution in [2.75, 3.05) is 6.61 Å². The van der Waals surface area contributed by atoms with E-state index in [4.69, 9.17) is 32.7 Å². The molecule has 3 aromatic carbocycles. The molecule has 0 atom stereocenters. The lowest BCUT2D eigenvalue weighted by atomic mass is 10.1. The highest BCUT2D eigenvalue weighted by atomic mass is 35.5. The van der Waals surface area contributed by atoms with Gasteiger partial charge in [0.2, 0.25) is 0 Å². The molecular weight excluding hydrogens is 439 g/mol. The number of hydrogen-bond acceptors (Lipinski definition) is 5. The number of halogens is 2. The molecule has 0 aromatic heterocycles. The molecule has 0 saturated carbocycles. The average Bonchev–Trinajstić information content (AvgIpc) is 2.75. The first-order valence-electron chi connectivity index (χ1n) is 9.19. The molecule has 0 aliphatic heterocycles. The van der Waals surface area contributed by atoms with E-state index in [1.807, 2.05) is 19.1 Å². The van der Waals surface area contributed by atoms with E-state index in [1.165, 1.54) is 12.3 Å². The third-order valence-corrected chi connectivity index (χ3v) is 4.56. The molecule has 0 radical (unpaired) electrons. The average molecular weight is 457 g/mol. The van der Waals surface area contributed by atoms with E-state index >= 15 is 0 Å². The van der Waals surface area contributed by atoms with Crippen LogP contribution in [0.1, 0.15) is 21.5 Å². The van der Waals surface area contributed by atoms with Gasteiger partial charge in [0.15, 0.2) is 6.61 Å². The van der Waals surface area contributed by atoms with Crippen molar-refractivity contribution in [3.63, 3.8) is 0 Å². The molecule has 31 heavy (non-hydrogen) atoms. The van der Waals surface area contributed by atoms with Gasteiger partial charge in [-0.1, -0.05) is 40.9 Å². The standard InChI is InChI=1S/C23H18Cl2N2O4/c1-15-2-6-17(7-3-15)23(29)31-19-9-4-16(5-10-19)13-26-27-22(28)14-30-21-11-8-18(24)12-20(21)25/h2-13H,14H2,1H3,(H,27,28)/b26-13+. The Hall–Kier alpha value is -3.35. The van der Waals surface area contributed by atoms with E-state index in [1.54, 1.807) is 48.5 Å². The lowest BCUT2D eigenvalue weighted by molar-refractivity contribution is -0.123. The van der Waals surface area contributed by atoms with Gasteiger partial charge in [-0.25, -0.2) is 10.2 Å². The summed E-state index contributed by atoms with van der Waals surface area (Å²) in [6.07, 6.45) is 1.46. The van der Waals surface area contributed by atoms with Crippen LogP contribution in [-0.4, -0.2) is 24.7 Å². The van der Waals surface area contributed by atoms with Crippen LogP contribution >= 0.6 is 23.2 Å². The van der Waals surface area contributed by atoms with Crippen LogP contribution in [-0.2, 0) is 4.79 Å². The highest BCUT2D eigenvalue weighted by Gasteiger charge is 2.08. The molecular formula is C23H18Cl2N2O4. The zero-order valence-corrected chi connectivity index (χ0v) is 18.0. The molecule has 158 valence electrons. The normalized spacial score (nSPS) is 10.7. The van der Waals surface area contributed by atoms with Gasteiger partial charge in [-0.3, -0.25) is 4.79 Å². The number of aryl methyl sites for hydroxylation is 1. The summed E-state index contributed by atoms with van der Waals surface area (Å²) >= 11 is 11.8. The van der Waals surface area contributed by atoms with E-state index in [2.05, 4.69) is 10.5 Å². The number of nitrogens with zero attached hydrogens (tertiary/aromatic N) is 1. The summed E-state index contributed by atoms with van der Waals surface area (Å²) in [7, 11) is 0.